The normalized spacial score (nSPS) is 14.9. The summed E-state index contributed by atoms with van der Waals surface area (Å²) >= 11 is 0. The van der Waals surface area contributed by atoms with Gasteiger partial charge in [0, 0.05) is 71.0 Å². The number of allylic oxidation sites excluding steroid dienone is 4. The lowest BCUT2D eigenvalue weighted by molar-refractivity contribution is -0.143. The van der Waals surface area contributed by atoms with E-state index in [1.165, 1.54) is 30.3 Å². The number of anilines is 1. The Morgan fingerprint density at radius 1 is 0.942 bits per heavy atom. The number of carboxylic acids is 1. The van der Waals surface area contributed by atoms with Crippen molar-refractivity contribution in [3.8, 4) is 5.75 Å². The molecule has 0 radical (unpaired) electrons. The van der Waals surface area contributed by atoms with Crippen molar-refractivity contribution < 1.29 is 59.6 Å². The SMILES string of the molecule is CCN1/C(=C/C=C/C(=N\CCCCCC(=O)NCCNC(=O)c2cccc(OCC(N=[N+]=[N-])OCCOCC(=O)O)c2)C(C)(C)c2cc(S(=O)(=O)O)ccc2C)C(C)(C)c2cc(S(=O)(=O)O)ccc21. The van der Waals surface area contributed by atoms with Gasteiger partial charge in [-0.2, -0.15) is 16.8 Å². The van der Waals surface area contributed by atoms with Gasteiger partial charge in [0.15, 0.2) is 6.23 Å². The number of carboxylic acid groups (broad SMARTS) is 1. The van der Waals surface area contributed by atoms with Crippen LogP contribution in [0.2, 0.25) is 0 Å². The highest BCUT2D eigenvalue weighted by molar-refractivity contribution is 7.86. The largest absolute Gasteiger partial charge is 0.491 e. The molecule has 1 atom stereocenters. The zero-order valence-corrected chi connectivity index (χ0v) is 41.2. The first-order valence-corrected chi connectivity index (χ1v) is 25.0. The molecule has 3 aromatic rings. The number of hydrogen-bond acceptors (Lipinski definition) is 13. The lowest BCUT2D eigenvalue weighted by atomic mass is 9.77. The zero-order valence-electron chi connectivity index (χ0n) is 39.5. The van der Waals surface area contributed by atoms with Crippen molar-refractivity contribution in [2.75, 3.05) is 57.5 Å². The van der Waals surface area contributed by atoms with Crippen LogP contribution in [0.3, 0.4) is 0 Å². The van der Waals surface area contributed by atoms with E-state index in [4.69, 9.17) is 29.8 Å². The number of ether oxygens (including phenoxy) is 3. The number of unbranched alkanes of at least 4 members (excludes halogenated alkanes) is 2. The van der Waals surface area contributed by atoms with Crippen LogP contribution in [0.4, 0.5) is 5.69 Å². The first kappa shape index (κ1) is 55.5. The van der Waals surface area contributed by atoms with Crippen molar-refractivity contribution >= 4 is 49.4 Å². The summed E-state index contributed by atoms with van der Waals surface area (Å²) in [5.74, 6) is -1.42. The van der Waals surface area contributed by atoms with E-state index in [0.29, 0.717) is 49.4 Å². The molecule has 3 aromatic carbocycles. The van der Waals surface area contributed by atoms with Gasteiger partial charge in [-0.15, -0.1) is 0 Å². The minimum absolute atomic E-state index is 0.0360. The number of aryl methyl sites for hydroxylation is 1. The van der Waals surface area contributed by atoms with Gasteiger partial charge in [-0.3, -0.25) is 23.7 Å². The number of nitrogens with zero attached hydrogens (tertiary/aromatic N) is 5. The molecule has 1 heterocycles. The van der Waals surface area contributed by atoms with Crippen molar-refractivity contribution in [3.63, 3.8) is 0 Å². The molecular weight excluding hydrogens is 935 g/mol. The van der Waals surface area contributed by atoms with Gasteiger partial charge in [0.25, 0.3) is 26.1 Å². The number of aliphatic imine (C=N–C) groups is 1. The number of azide groups is 1. The number of likely N-dealkylation sites (N-methyl/N-ethyl adjacent to an activating group) is 1. The maximum atomic E-state index is 12.8. The van der Waals surface area contributed by atoms with Gasteiger partial charge in [0.1, 0.15) is 19.0 Å². The number of carbonyl (C=O) groups excluding carboxylic acids is 2. The predicted octanol–water partition coefficient (Wildman–Crippen LogP) is 6.70. The molecule has 0 saturated heterocycles. The molecule has 0 fully saturated rings. The first-order chi connectivity index (χ1) is 32.5. The Bertz CT molecular complexity index is 2700. The highest BCUT2D eigenvalue weighted by Crippen LogP contribution is 2.48. The summed E-state index contributed by atoms with van der Waals surface area (Å²) in [6, 6.07) is 15.3. The van der Waals surface area contributed by atoms with Crippen LogP contribution in [0.5, 0.6) is 5.75 Å². The van der Waals surface area contributed by atoms with E-state index < -0.39 is 55.8 Å². The number of carbonyl (C=O) groups is 3. The van der Waals surface area contributed by atoms with Gasteiger partial charge in [-0.25, -0.2) is 4.79 Å². The second-order valence-corrected chi connectivity index (χ2v) is 19.9. The van der Waals surface area contributed by atoms with Gasteiger partial charge in [-0.1, -0.05) is 57.4 Å². The van der Waals surface area contributed by atoms with Crippen LogP contribution in [0.25, 0.3) is 10.4 Å². The minimum atomic E-state index is -4.49. The lowest BCUT2D eigenvalue weighted by Crippen LogP contribution is -2.34. The molecule has 1 aliphatic rings. The highest BCUT2D eigenvalue weighted by Gasteiger charge is 2.40. The molecule has 0 spiro atoms. The average Bonchev–Trinajstić information content (AvgIpc) is 3.50. The fraction of sp³-hybridized carbons (Fsp3) is 0.447. The van der Waals surface area contributed by atoms with Crippen LogP contribution < -0.4 is 20.3 Å². The maximum absolute atomic E-state index is 12.8. The van der Waals surface area contributed by atoms with E-state index in [2.05, 4.69) is 25.6 Å². The van der Waals surface area contributed by atoms with Gasteiger partial charge < -0.3 is 34.9 Å². The van der Waals surface area contributed by atoms with Crippen LogP contribution in [0, 0.1) is 6.92 Å². The number of amides is 2. The Labute approximate surface area is 403 Å². The van der Waals surface area contributed by atoms with Crippen molar-refractivity contribution in [2.24, 2.45) is 10.1 Å². The Balaban J connectivity index is 1.33. The lowest BCUT2D eigenvalue weighted by Gasteiger charge is -2.28. The third-order valence-corrected chi connectivity index (χ3v) is 13.0. The Hall–Kier alpha value is -6.13. The molecule has 0 aromatic heterocycles. The number of aliphatic carboxylic acids is 1. The smallest absolute Gasteiger partial charge is 0.329 e. The van der Waals surface area contributed by atoms with E-state index in [9.17, 15) is 40.3 Å². The zero-order chi connectivity index (χ0) is 51.0. The molecule has 22 heteroatoms. The summed E-state index contributed by atoms with van der Waals surface area (Å²) in [6.45, 7) is 12.2. The Kier molecular flexibility index (Phi) is 20.0. The summed E-state index contributed by atoms with van der Waals surface area (Å²) in [7, 11) is -8.92. The molecular formula is C47H61N7O13S2. The third-order valence-electron chi connectivity index (χ3n) is 11.3. The van der Waals surface area contributed by atoms with E-state index >= 15 is 0 Å². The summed E-state index contributed by atoms with van der Waals surface area (Å²) in [5, 5.41) is 17.7. The summed E-state index contributed by atoms with van der Waals surface area (Å²) in [6.07, 6.45) is 6.74. The number of fused-ring (bicyclic) bond motifs is 1. The molecule has 0 saturated carbocycles. The summed E-state index contributed by atoms with van der Waals surface area (Å²) < 4.78 is 83.8. The summed E-state index contributed by atoms with van der Waals surface area (Å²) in [5.41, 5.74) is 12.1. The number of rotatable bonds is 27. The minimum Gasteiger partial charge on any atom is -0.491 e. The van der Waals surface area contributed by atoms with Crippen molar-refractivity contribution in [2.45, 2.75) is 94.1 Å². The number of benzene rings is 3. The Morgan fingerprint density at radius 3 is 2.32 bits per heavy atom. The van der Waals surface area contributed by atoms with Gasteiger partial charge in [0.2, 0.25) is 5.91 Å². The molecule has 20 nitrogen and oxygen atoms in total. The number of hydrogen-bond donors (Lipinski definition) is 5. The van der Waals surface area contributed by atoms with Crippen molar-refractivity contribution in [3.05, 3.63) is 117 Å². The second kappa shape index (κ2) is 24.9. The van der Waals surface area contributed by atoms with Gasteiger partial charge in [0.05, 0.1) is 23.0 Å². The fourth-order valence-corrected chi connectivity index (χ4v) is 8.74. The monoisotopic (exact) mass is 995 g/mol. The van der Waals surface area contributed by atoms with Crippen LogP contribution >= 0.6 is 0 Å². The molecule has 0 aliphatic carbocycles. The van der Waals surface area contributed by atoms with Crippen molar-refractivity contribution in [1.82, 2.24) is 10.6 Å². The molecule has 0 bridgehead atoms. The van der Waals surface area contributed by atoms with Gasteiger partial charge >= 0.3 is 5.97 Å². The van der Waals surface area contributed by atoms with E-state index in [0.717, 1.165) is 22.5 Å². The summed E-state index contributed by atoms with van der Waals surface area (Å²) in [4.78, 5) is 45.4. The average molecular weight is 996 g/mol. The van der Waals surface area contributed by atoms with E-state index in [1.807, 2.05) is 59.8 Å². The first-order valence-electron chi connectivity index (χ1n) is 22.2. The Morgan fingerprint density at radius 2 is 1.64 bits per heavy atom. The topological polar surface area (TPSA) is 296 Å². The molecule has 2 amide bonds. The van der Waals surface area contributed by atoms with Crippen LogP contribution in [-0.4, -0.2) is 113 Å². The predicted molar refractivity (Wildman–Crippen MR) is 259 cm³/mol. The second-order valence-electron chi connectivity index (χ2n) is 17.0. The maximum Gasteiger partial charge on any atom is 0.329 e. The standard InChI is InChI=1S/C47H61N7O13S2/c1-7-54-39-21-20-36(69(62,63)64)29-38(39)47(5,6)41(54)16-12-15-40(46(3,4)37-28-35(68(59,60)61)19-18-32(37)2)49-22-10-8-9-17-42(55)50-23-24-51-45(58)33-13-11-14-34(27-33)67-30-43(52-53-48)66-26-25-65-31-44(56)57/h11-16,18-21,27-29,43H,7-10,17,22-26,30-31H2,1-6H3,(H,50,55)(H,51,58)(H,56,57)(H,59,60,61)(H,62,63,64)/b15-12+,41-16+,49-40+. The molecule has 5 N–H and O–H groups in total. The van der Waals surface area contributed by atoms with Crippen LogP contribution in [-0.2, 0) is 50.1 Å². The number of nitrogens with one attached hydrogen (secondary N) is 2. The molecule has 69 heavy (non-hydrogen) atoms. The van der Waals surface area contributed by atoms with Gasteiger partial charge in [-0.05, 0) is 110 Å². The van der Waals surface area contributed by atoms with E-state index in [-0.39, 0.29) is 60.6 Å². The molecule has 374 valence electrons. The van der Waals surface area contributed by atoms with E-state index in [1.54, 1.807) is 30.3 Å². The van der Waals surface area contributed by atoms with Crippen molar-refractivity contribution in [1.29, 1.82) is 0 Å². The molecule has 4 rings (SSSR count). The molecule has 1 aliphatic heterocycles. The van der Waals surface area contributed by atoms with Crippen LogP contribution in [0.15, 0.2) is 104 Å². The fourth-order valence-electron chi connectivity index (χ4n) is 7.73. The third kappa shape index (κ3) is 16.0. The molecule has 1 unspecified atom stereocenters. The van der Waals surface area contributed by atoms with Crippen LogP contribution in [0.1, 0.15) is 87.4 Å². The highest BCUT2D eigenvalue weighted by atomic mass is 32.2. The quantitative estimate of drug-likeness (QED) is 0.0133.